The maximum Gasteiger partial charge on any atom is 0.229 e. The van der Waals surface area contributed by atoms with Crippen LogP contribution in [0.1, 0.15) is 64.2 Å². The van der Waals surface area contributed by atoms with Crippen molar-refractivity contribution in [2.75, 3.05) is 32.8 Å². The van der Waals surface area contributed by atoms with Gasteiger partial charge in [0.2, 0.25) is 11.8 Å². The van der Waals surface area contributed by atoms with Crippen molar-refractivity contribution in [1.29, 1.82) is 0 Å². The molecule has 0 N–H and O–H groups in total. The lowest BCUT2D eigenvalue weighted by molar-refractivity contribution is -0.203. The van der Waals surface area contributed by atoms with Gasteiger partial charge in [0.15, 0.2) is 0 Å². The summed E-state index contributed by atoms with van der Waals surface area (Å²) in [6, 6.07) is 0. The van der Waals surface area contributed by atoms with E-state index in [1.54, 1.807) is 0 Å². The molecule has 7 aliphatic rings. The largest absolute Gasteiger partial charge is 0.371 e. The number of carbonyl (C=O) groups is 2. The molecule has 0 unspecified atom stereocenters. The summed E-state index contributed by atoms with van der Waals surface area (Å²) in [5.41, 5.74) is -0.0901. The SMILES string of the molecule is O=C1CCCN1C[C@H]1CCC2(CN(C(=O)C34CC5CC(CC(C5)C3)C4)C2)OC1. The molecule has 0 aromatic carbocycles. The van der Waals surface area contributed by atoms with Crippen LogP contribution in [0.15, 0.2) is 0 Å². The molecule has 0 aromatic heterocycles. The van der Waals surface area contributed by atoms with Gasteiger partial charge in [-0.3, -0.25) is 9.59 Å². The first-order chi connectivity index (χ1) is 13.5. The van der Waals surface area contributed by atoms with E-state index < -0.39 is 0 Å². The molecule has 28 heavy (non-hydrogen) atoms. The van der Waals surface area contributed by atoms with Crippen LogP contribution in [0.25, 0.3) is 0 Å². The second-order valence-corrected chi connectivity index (χ2v) is 11.2. The molecule has 2 amide bonds. The minimum atomic E-state index is -0.0799. The van der Waals surface area contributed by atoms with E-state index in [4.69, 9.17) is 4.74 Å². The average Bonchev–Trinajstić information content (AvgIpc) is 3.04. The first-order valence-electron chi connectivity index (χ1n) is 11.7. The Balaban J connectivity index is 1.04. The zero-order valence-corrected chi connectivity index (χ0v) is 17.0. The predicted molar refractivity (Wildman–Crippen MR) is 104 cm³/mol. The number of hydrogen-bond donors (Lipinski definition) is 0. The van der Waals surface area contributed by atoms with Crippen LogP contribution in [0.5, 0.6) is 0 Å². The summed E-state index contributed by atoms with van der Waals surface area (Å²) in [5.74, 6) is 3.73. The number of amides is 2. The Labute approximate surface area is 168 Å². The van der Waals surface area contributed by atoms with Gasteiger partial charge >= 0.3 is 0 Å². The molecule has 3 aliphatic heterocycles. The summed E-state index contributed by atoms with van der Waals surface area (Å²) >= 11 is 0. The molecule has 0 aromatic rings. The van der Waals surface area contributed by atoms with E-state index in [1.165, 1.54) is 19.3 Å². The molecule has 4 saturated carbocycles. The Kier molecular flexibility index (Phi) is 3.93. The zero-order valence-electron chi connectivity index (χ0n) is 17.0. The van der Waals surface area contributed by atoms with Crippen LogP contribution >= 0.6 is 0 Å². The molecular weight excluding hydrogens is 352 g/mol. The minimum absolute atomic E-state index is 0.0102. The summed E-state index contributed by atoms with van der Waals surface area (Å²) in [7, 11) is 0. The fourth-order valence-corrected chi connectivity index (χ4v) is 8.02. The number of likely N-dealkylation sites (tertiary alicyclic amines) is 2. The molecule has 5 heteroatoms. The highest BCUT2D eigenvalue weighted by Crippen LogP contribution is 2.61. The molecule has 154 valence electrons. The van der Waals surface area contributed by atoms with Gasteiger partial charge in [-0.25, -0.2) is 0 Å². The molecule has 4 bridgehead atoms. The third-order valence-electron chi connectivity index (χ3n) is 9.02. The normalized spacial score (nSPS) is 43.6. The number of hydrogen-bond acceptors (Lipinski definition) is 3. The minimum Gasteiger partial charge on any atom is -0.371 e. The topological polar surface area (TPSA) is 49.9 Å². The van der Waals surface area contributed by atoms with Crippen LogP contribution in [0.3, 0.4) is 0 Å². The van der Waals surface area contributed by atoms with Gasteiger partial charge in [-0.05, 0) is 75.5 Å². The van der Waals surface area contributed by atoms with E-state index in [9.17, 15) is 9.59 Å². The summed E-state index contributed by atoms with van der Waals surface area (Å²) in [6.07, 6.45) is 11.6. The van der Waals surface area contributed by atoms with Gasteiger partial charge in [-0.2, -0.15) is 0 Å². The van der Waals surface area contributed by atoms with E-state index >= 15 is 0 Å². The quantitative estimate of drug-likeness (QED) is 0.749. The monoisotopic (exact) mass is 386 g/mol. The Morgan fingerprint density at radius 2 is 1.75 bits per heavy atom. The van der Waals surface area contributed by atoms with Crippen LogP contribution in [-0.2, 0) is 14.3 Å². The Morgan fingerprint density at radius 3 is 2.29 bits per heavy atom. The average molecular weight is 387 g/mol. The maximum atomic E-state index is 13.5. The molecule has 3 saturated heterocycles. The molecule has 3 heterocycles. The fraction of sp³-hybridized carbons (Fsp3) is 0.913. The van der Waals surface area contributed by atoms with E-state index in [2.05, 4.69) is 4.90 Å². The van der Waals surface area contributed by atoms with Crippen LogP contribution in [0.4, 0.5) is 0 Å². The van der Waals surface area contributed by atoms with Crippen molar-refractivity contribution in [2.45, 2.75) is 69.8 Å². The maximum absolute atomic E-state index is 13.5. The van der Waals surface area contributed by atoms with Crippen molar-refractivity contribution < 1.29 is 14.3 Å². The lowest BCUT2D eigenvalue weighted by Gasteiger charge is -2.60. The first-order valence-corrected chi connectivity index (χ1v) is 11.7. The van der Waals surface area contributed by atoms with Gasteiger partial charge in [0.25, 0.3) is 0 Å². The highest BCUT2D eigenvalue weighted by molar-refractivity contribution is 5.84. The van der Waals surface area contributed by atoms with Crippen molar-refractivity contribution in [2.24, 2.45) is 29.1 Å². The fourth-order valence-electron chi connectivity index (χ4n) is 8.02. The van der Waals surface area contributed by atoms with Crippen molar-refractivity contribution >= 4 is 11.8 Å². The van der Waals surface area contributed by atoms with Gasteiger partial charge in [0.05, 0.1) is 25.1 Å². The zero-order chi connectivity index (χ0) is 18.9. The summed E-state index contributed by atoms with van der Waals surface area (Å²) in [6.45, 7) is 4.16. The highest BCUT2D eigenvalue weighted by Gasteiger charge is 2.58. The van der Waals surface area contributed by atoms with E-state index in [0.717, 1.165) is 95.5 Å². The van der Waals surface area contributed by atoms with E-state index in [0.29, 0.717) is 17.7 Å². The molecule has 4 aliphatic carbocycles. The third-order valence-corrected chi connectivity index (χ3v) is 9.02. The molecule has 0 radical (unpaired) electrons. The van der Waals surface area contributed by atoms with Crippen molar-refractivity contribution in [3.63, 3.8) is 0 Å². The Bertz CT molecular complexity index is 638. The smallest absolute Gasteiger partial charge is 0.229 e. The summed E-state index contributed by atoms with van der Waals surface area (Å²) in [5, 5.41) is 0. The number of nitrogens with zero attached hydrogens (tertiary/aromatic N) is 2. The second kappa shape index (κ2) is 6.20. The number of carbonyl (C=O) groups excluding carboxylic acids is 2. The first kappa shape index (κ1) is 17.7. The lowest BCUT2D eigenvalue weighted by atomic mass is 9.49. The van der Waals surface area contributed by atoms with Gasteiger partial charge in [-0.1, -0.05) is 0 Å². The predicted octanol–water partition coefficient (Wildman–Crippen LogP) is 2.83. The molecule has 7 fully saturated rings. The molecular formula is C23H34N2O3. The van der Waals surface area contributed by atoms with Gasteiger partial charge < -0.3 is 14.5 Å². The molecule has 1 atom stereocenters. The van der Waals surface area contributed by atoms with Crippen LogP contribution in [0, 0.1) is 29.1 Å². The number of rotatable bonds is 3. The molecule has 1 spiro atoms. The van der Waals surface area contributed by atoms with Crippen molar-refractivity contribution in [1.82, 2.24) is 9.80 Å². The molecule has 7 rings (SSSR count). The van der Waals surface area contributed by atoms with Gasteiger partial charge in [-0.15, -0.1) is 0 Å². The lowest BCUT2D eigenvalue weighted by Crippen LogP contribution is -2.69. The van der Waals surface area contributed by atoms with E-state index in [-0.39, 0.29) is 11.0 Å². The van der Waals surface area contributed by atoms with Crippen LogP contribution < -0.4 is 0 Å². The van der Waals surface area contributed by atoms with Crippen LogP contribution in [0.2, 0.25) is 0 Å². The summed E-state index contributed by atoms with van der Waals surface area (Å²) < 4.78 is 6.33. The molecule has 5 nitrogen and oxygen atoms in total. The van der Waals surface area contributed by atoms with Crippen molar-refractivity contribution in [3.8, 4) is 0 Å². The van der Waals surface area contributed by atoms with Gasteiger partial charge in [0.1, 0.15) is 5.60 Å². The van der Waals surface area contributed by atoms with Crippen LogP contribution in [-0.4, -0.2) is 60.0 Å². The summed E-state index contributed by atoms with van der Waals surface area (Å²) in [4.78, 5) is 29.5. The van der Waals surface area contributed by atoms with E-state index in [1.807, 2.05) is 4.90 Å². The van der Waals surface area contributed by atoms with Gasteiger partial charge in [0, 0.05) is 25.4 Å². The third kappa shape index (κ3) is 2.75. The Hall–Kier alpha value is -1.10. The second-order valence-electron chi connectivity index (χ2n) is 11.2. The van der Waals surface area contributed by atoms with Crippen molar-refractivity contribution in [3.05, 3.63) is 0 Å². The Morgan fingerprint density at radius 1 is 1.07 bits per heavy atom. The number of ether oxygens (including phenoxy) is 1. The highest BCUT2D eigenvalue weighted by atomic mass is 16.5. The standard InChI is InChI=1S/C23H34N2O3/c26-20-2-1-5-24(20)12-16-3-4-23(28-13-16)14-25(15-23)21(27)22-9-17-6-18(10-22)8-19(7-17)11-22/h16-19H,1-15H2/t16-,17?,18?,19?,22?/m1/s1.